The van der Waals surface area contributed by atoms with Crippen molar-refractivity contribution in [1.29, 1.82) is 0 Å². The molecule has 1 fully saturated rings. The predicted molar refractivity (Wildman–Crippen MR) is 158 cm³/mol. The normalized spacial score (nSPS) is 27.1. The number of ketones is 1. The first-order valence-corrected chi connectivity index (χ1v) is 15.5. The Morgan fingerprint density at radius 3 is 2.67 bits per heavy atom. The molecule has 8 heteroatoms. The Balaban J connectivity index is 1.55. The molecule has 0 heterocycles. The Bertz CT molecular complexity index is 1200. The van der Waals surface area contributed by atoms with Gasteiger partial charge in [0.1, 0.15) is 17.3 Å². The van der Waals surface area contributed by atoms with Gasteiger partial charge in [-0.25, -0.2) is 4.79 Å². The summed E-state index contributed by atoms with van der Waals surface area (Å²) in [7, 11) is 0. The summed E-state index contributed by atoms with van der Waals surface area (Å²) < 4.78 is 6.48. The molecule has 0 aromatic heterocycles. The SMILES string of the molecule is CCCCCc1cc(O)c([C@@H]2C=C(C)CCC2)c(OC(=S)SCC2=C(C(=O)O)C3C(=O)[C@H]([C@@H](C)O)C3[C@H]2C)c1. The fourth-order valence-electron chi connectivity index (χ4n) is 6.77. The zero-order chi connectivity index (χ0) is 28.4. The van der Waals surface area contributed by atoms with Gasteiger partial charge in [0.25, 0.3) is 0 Å². The molecule has 2 unspecified atom stereocenters. The number of thioether (sulfide) groups is 1. The van der Waals surface area contributed by atoms with E-state index in [4.69, 9.17) is 17.0 Å². The van der Waals surface area contributed by atoms with Crippen molar-refractivity contribution < 1.29 is 29.6 Å². The first-order valence-electron chi connectivity index (χ1n) is 14.1. The van der Waals surface area contributed by atoms with Crippen LogP contribution in [0.15, 0.2) is 34.9 Å². The van der Waals surface area contributed by atoms with Crippen LogP contribution in [0.5, 0.6) is 11.5 Å². The van der Waals surface area contributed by atoms with Crippen LogP contribution in [0, 0.1) is 23.7 Å². The number of aliphatic carboxylic acids is 1. The van der Waals surface area contributed by atoms with Gasteiger partial charge in [-0.1, -0.05) is 50.1 Å². The molecule has 1 aromatic carbocycles. The Labute approximate surface area is 240 Å². The van der Waals surface area contributed by atoms with Gasteiger partial charge in [-0.15, -0.1) is 0 Å². The Hall–Kier alpha value is -2.16. The summed E-state index contributed by atoms with van der Waals surface area (Å²) in [4.78, 5) is 24.9. The minimum absolute atomic E-state index is 0.0430. The van der Waals surface area contributed by atoms with E-state index in [1.54, 1.807) is 6.92 Å². The highest BCUT2D eigenvalue weighted by molar-refractivity contribution is 8.22. The van der Waals surface area contributed by atoms with Crippen LogP contribution in [-0.4, -0.2) is 43.3 Å². The second-order valence-electron chi connectivity index (χ2n) is 11.4. The van der Waals surface area contributed by atoms with E-state index in [-0.39, 0.29) is 39.2 Å². The third kappa shape index (κ3) is 6.13. The molecular weight excluding hydrogens is 532 g/mol. The molecule has 0 saturated heterocycles. The van der Waals surface area contributed by atoms with Crippen molar-refractivity contribution in [1.82, 2.24) is 0 Å². The minimum atomic E-state index is -1.08. The molecule has 3 aliphatic carbocycles. The van der Waals surface area contributed by atoms with Crippen molar-refractivity contribution in [2.75, 3.05) is 5.75 Å². The smallest absolute Gasteiger partial charge is 0.332 e. The van der Waals surface area contributed by atoms with Crippen LogP contribution in [0.4, 0.5) is 0 Å². The van der Waals surface area contributed by atoms with Gasteiger partial charge in [0, 0.05) is 28.7 Å². The molecule has 4 rings (SSSR count). The lowest BCUT2D eigenvalue weighted by Crippen LogP contribution is -2.53. The zero-order valence-corrected chi connectivity index (χ0v) is 24.9. The van der Waals surface area contributed by atoms with Crippen LogP contribution < -0.4 is 4.74 Å². The van der Waals surface area contributed by atoms with E-state index in [0.717, 1.165) is 56.1 Å². The van der Waals surface area contributed by atoms with Crippen molar-refractivity contribution in [3.05, 3.63) is 46.1 Å². The van der Waals surface area contributed by atoms with E-state index in [1.807, 2.05) is 19.1 Å². The van der Waals surface area contributed by atoms with Gasteiger partial charge >= 0.3 is 5.97 Å². The topological polar surface area (TPSA) is 104 Å². The fraction of sp³-hybridized carbons (Fsp3) is 0.581. The Morgan fingerprint density at radius 1 is 1.28 bits per heavy atom. The highest BCUT2D eigenvalue weighted by Crippen LogP contribution is 2.56. The number of phenols is 1. The van der Waals surface area contributed by atoms with Crippen molar-refractivity contribution >= 4 is 40.1 Å². The summed E-state index contributed by atoms with van der Waals surface area (Å²) in [6.45, 7) is 7.79. The average molecular weight is 573 g/mol. The summed E-state index contributed by atoms with van der Waals surface area (Å²) in [6, 6.07) is 3.84. The largest absolute Gasteiger partial charge is 0.507 e. The lowest BCUT2D eigenvalue weighted by Gasteiger charge is -2.43. The van der Waals surface area contributed by atoms with Gasteiger partial charge < -0.3 is 20.1 Å². The lowest BCUT2D eigenvalue weighted by atomic mass is 9.59. The molecule has 212 valence electrons. The van der Waals surface area contributed by atoms with E-state index in [1.165, 1.54) is 17.3 Å². The number of carboxylic acids is 1. The fourth-order valence-corrected chi connectivity index (χ4v) is 7.88. The van der Waals surface area contributed by atoms with E-state index >= 15 is 0 Å². The average Bonchev–Trinajstić information content (AvgIpc) is 3.10. The number of phenolic OH excluding ortho intramolecular Hbond substituents is 1. The Morgan fingerprint density at radius 2 is 2.03 bits per heavy atom. The summed E-state index contributed by atoms with van der Waals surface area (Å²) >= 11 is 6.86. The number of fused-ring (bicyclic) bond motifs is 1. The van der Waals surface area contributed by atoms with Crippen LogP contribution in [0.25, 0.3) is 0 Å². The van der Waals surface area contributed by atoms with Crippen LogP contribution in [0.3, 0.4) is 0 Å². The third-order valence-electron chi connectivity index (χ3n) is 8.70. The number of ether oxygens (including phenoxy) is 1. The first-order chi connectivity index (χ1) is 18.5. The first kappa shape index (κ1) is 29.8. The molecule has 6 atom stereocenters. The minimum Gasteiger partial charge on any atom is -0.507 e. The highest BCUT2D eigenvalue weighted by atomic mass is 32.2. The number of carbonyl (C=O) groups is 2. The summed E-state index contributed by atoms with van der Waals surface area (Å²) in [5, 5.41) is 31.1. The molecule has 6 nitrogen and oxygen atoms in total. The number of rotatable bonds is 10. The lowest BCUT2D eigenvalue weighted by molar-refractivity contribution is -0.151. The van der Waals surface area contributed by atoms with Gasteiger partial charge in [-0.3, -0.25) is 4.79 Å². The number of Topliss-reactive ketones (excluding diaryl/α,β-unsaturated/α-hetero) is 1. The van der Waals surface area contributed by atoms with E-state index in [2.05, 4.69) is 19.9 Å². The molecule has 0 spiro atoms. The molecule has 0 amide bonds. The third-order valence-corrected chi connectivity index (χ3v) is 9.91. The maximum atomic E-state index is 12.7. The number of aliphatic hydroxyl groups excluding tert-OH is 1. The standard InChI is InChI=1S/C31H40O6S2/c1-5-6-7-10-19-13-22(33)26(20-11-8-9-16(2)12-20)23(14-19)37-31(38)39-15-21-17(3)24-25(18(4)32)29(34)28(24)27(21)30(35)36/h12-14,17-18,20,24-25,28,32-33H,5-11,15H2,1-4H3,(H,35,36)/t17-,18+,20-,24?,25+,28?/m0/s1. The van der Waals surface area contributed by atoms with Gasteiger partial charge in [-0.2, -0.15) is 0 Å². The second-order valence-corrected chi connectivity index (χ2v) is 13.0. The number of hydrogen-bond donors (Lipinski definition) is 3. The predicted octanol–water partition coefficient (Wildman–Crippen LogP) is 6.58. The van der Waals surface area contributed by atoms with Crippen molar-refractivity contribution in [3.8, 4) is 11.5 Å². The molecular formula is C31H40O6S2. The molecule has 1 aromatic rings. The summed E-state index contributed by atoms with van der Waals surface area (Å²) in [6.07, 6.45) is 8.49. The maximum absolute atomic E-state index is 12.7. The van der Waals surface area contributed by atoms with E-state index in [9.17, 15) is 24.9 Å². The number of allylic oxidation sites excluding steroid dienone is 2. The number of benzene rings is 1. The van der Waals surface area contributed by atoms with Crippen LogP contribution in [0.2, 0.25) is 0 Å². The quantitative estimate of drug-likeness (QED) is 0.164. The van der Waals surface area contributed by atoms with Crippen LogP contribution in [0.1, 0.15) is 83.3 Å². The van der Waals surface area contributed by atoms with Gasteiger partial charge in [0.05, 0.1) is 12.0 Å². The molecule has 0 aliphatic heterocycles. The van der Waals surface area contributed by atoms with E-state index in [0.29, 0.717) is 17.1 Å². The number of thiocarbonyl (C=S) groups is 1. The van der Waals surface area contributed by atoms with Crippen LogP contribution in [-0.2, 0) is 16.0 Å². The molecule has 3 aliphatic rings. The maximum Gasteiger partial charge on any atom is 0.332 e. The second kappa shape index (κ2) is 12.6. The number of aryl methyl sites for hydroxylation is 1. The number of carboxylic acid groups (broad SMARTS) is 1. The summed E-state index contributed by atoms with van der Waals surface area (Å²) in [5.41, 5.74) is 3.89. The van der Waals surface area contributed by atoms with Crippen molar-refractivity contribution in [2.45, 2.75) is 84.7 Å². The number of carbonyl (C=O) groups excluding carboxylic acids is 1. The number of aliphatic hydroxyl groups is 1. The molecule has 0 bridgehead atoms. The zero-order valence-electron chi connectivity index (χ0n) is 23.2. The van der Waals surface area contributed by atoms with Crippen LogP contribution >= 0.6 is 24.0 Å². The molecule has 39 heavy (non-hydrogen) atoms. The van der Waals surface area contributed by atoms with Crippen molar-refractivity contribution in [3.63, 3.8) is 0 Å². The van der Waals surface area contributed by atoms with Gasteiger partial charge in [0.15, 0.2) is 0 Å². The monoisotopic (exact) mass is 572 g/mol. The van der Waals surface area contributed by atoms with Crippen molar-refractivity contribution in [2.24, 2.45) is 23.7 Å². The molecule has 0 radical (unpaired) electrons. The summed E-state index contributed by atoms with van der Waals surface area (Å²) in [5.74, 6) is -1.67. The van der Waals surface area contributed by atoms with Gasteiger partial charge in [0.2, 0.25) is 4.38 Å². The van der Waals surface area contributed by atoms with Gasteiger partial charge in [-0.05, 0) is 93.3 Å². The highest BCUT2D eigenvalue weighted by Gasteiger charge is 2.61. The molecule has 1 saturated carbocycles. The molecule has 3 N–H and O–H groups in total. The number of unbranched alkanes of at least 4 members (excludes halogenated alkanes) is 2. The number of hydrogen-bond acceptors (Lipinski definition) is 7. The number of aromatic hydroxyl groups is 1. The van der Waals surface area contributed by atoms with E-state index < -0.39 is 23.9 Å². The Kier molecular flexibility index (Phi) is 9.61.